The van der Waals surface area contributed by atoms with Crippen molar-refractivity contribution >= 4 is 0 Å². The number of nitrogens with zero attached hydrogens (tertiary/aromatic N) is 2. The number of rotatable bonds is 3. The highest BCUT2D eigenvalue weighted by Crippen LogP contribution is 2.19. The number of ether oxygens (including phenoxy) is 1. The largest absolute Gasteiger partial charge is 0.378 e. The van der Waals surface area contributed by atoms with Gasteiger partial charge >= 0.3 is 0 Å². The maximum absolute atomic E-state index is 5.99. The van der Waals surface area contributed by atoms with Gasteiger partial charge in [-0.05, 0) is 20.8 Å². The second kappa shape index (κ2) is 5.00. The van der Waals surface area contributed by atoms with E-state index >= 15 is 0 Å². The molecule has 16 heavy (non-hydrogen) atoms. The highest BCUT2D eigenvalue weighted by Gasteiger charge is 2.34. The Bertz CT molecular complexity index is 230. The van der Waals surface area contributed by atoms with Crippen LogP contribution < -0.4 is 5.73 Å². The molecular weight excluding hydrogens is 202 g/mol. The molecule has 0 bridgehead atoms. The molecule has 2 N–H and O–H groups in total. The quantitative estimate of drug-likeness (QED) is 0.744. The molecule has 94 valence electrons. The van der Waals surface area contributed by atoms with E-state index in [1.165, 1.54) is 0 Å². The van der Waals surface area contributed by atoms with Crippen molar-refractivity contribution in [2.45, 2.75) is 44.9 Å². The Kier molecular flexibility index (Phi) is 3.85. The van der Waals surface area contributed by atoms with Crippen molar-refractivity contribution in [1.82, 2.24) is 9.80 Å². The van der Waals surface area contributed by atoms with Crippen LogP contribution in [0.3, 0.4) is 0 Å². The SMILES string of the molecule is CC([C@H](C)N)N1CCN(C2COC2)C[C@@H]1C. The van der Waals surface area contributed by atoms with Crippen molar-refractivity contribution in [1.29, 1.82) is 0 Å². The van der Waals surface area contributed by atoms with Crippen LogP contribution in [-0.2, 0) is 4.74 Å². The van der Waals surface area contributed by atoms with E-state index in [0.29, 0.717) is 18.1 Å². The van der Waals surface area contributed by atoms with Gasteiger partial charge in [0.1, 0.15) is 0 Å². The van der Waals surface area contributed by atoms with E-state index in [2.05, 4.69) is 30.6 Å². The van der Waals surface area contributed by atoms with Gasteiger partial charge < -0.3 is 10.5 Å². The van der Waals surface area contributed by atoms with E-state index in [0.717, 1.165) is 32.8 Å². The third-order valence-electron chi connectivity index (χ3n) is 4.13. The lowest BCUT2D eigenvalue weighted by Crippen LogP contribution is -2.62. The Hall–Kier alpha value is -0.160. The zero-order chi connectivity index (χ0) is 11.7. The van der Waals surface area contributed by atoms with Crippen molar-refractivity contribution in [3.63, 3.8) is 0 Å². The van der Waals surface area contributed by atoms with Crippen LogP contribution in [0.2, 0.25) is 0 Å². The van der Waals surface area contributed by atoms with Crippen molar-refractivity contribution < 1.29 is 4.74 Å². The minimum absolute atomic E-state index is 0.251. The molecule has 0 spiro atoms. The Balaban J connectivity index is 1.86. The van der Waals surface area contributed by atoms with Crippen LogP contribution in [-0.4, -0.2) is 66.8 Å². The summed E-state index contributed by atoms with van der Waals surface area (Å²) in [6.45, 7) is 12.0. The highest BCUT2D eigenvalue weighted by atomic mass is 16.5. The van der Waals surface area contributed by atoms with E-state index in [9.17, 15) is 0 Å². The van der Waals surface area contributed by atoms with Crippen LogP contribution in [0.5, 0.6) is 0 Å². The minimum atomic E-state index is 0.251. The van der Waals surface area contributed by atoms with E-state index in [-0.39, 0.29) is 6.04 Å². The van der Waals surface area contributed by atoms with Crippen LogP contribution in [0.1, 0.15) is 20.8 Å². The zero-order valence-corrected chi connectivity index (χ0v) is 10.7. The summed E-state index contributed by atoms with van der Waals surface area (Å²) in [5, 5.41) is 0. The lowest BCUT2D eigenvalue weighted by Gasteiger charge is -2.48. The van der Waals surface area contributed by atoms with Gasteiger partial charge in [0.2, 0.25) is 0 Å². The van der Waals surface area contributed by atoms with Crippen molar-refractivity contribution in [3.8, 4) is 0 Å². The average molecular weight is 227 g/mol. The van der Waals surface area contributed by atoms with Gasteiger partial charge in [-0.1, -0.05) is 0 Å². The second-order valence-corrected chi connectivity index (χ2v) is 5.37. The molecule has 2 saturated heterocycles. The van der Waals surface area contributed by atoms with Crippen molar-refractivity contribution in [2.75, 3.05) is 32.8 Å². The molecule has 0 aromatic carbocycles. The maximum Gasteiger partial charge on any atom is 0.0645 e. The first kappa shape index (κ1) is 12.3. The Morgan fingerprint density at radius 1 is 1.25 bits per heavy atom. The van der Waals surface area contributed by atoms with Crippen molar-refractivity contribution in [2.24, 2.45) is 5.73 Å². The molecule has 4 heteroatoms. The Labute approximate surface area is 98.7 Å². The lowest BCUT2D eigenvalue weighted by atomic mass is 10.0. The average Bonchev–Trinajstić information content (AvgIpc) is 2.14. The molecule has 1 unspecified atom stereocenters. The molecule has 3 atom stereocenters. The monoisotopic (exact) mass is 227 g/mol. The molecule has 0 amide bonds. The molecule has 0 radical (unpaired) electrons. The molecule has 2 heterocycles. The molecule has 2 aliphatic rings. The van der Waals surface area contributed by atoms with Crippen LogP contribution in [0.25, 0.3) is 0 Å². The number of piperazine rings is 1. The fraction of sp³-hybridized carbons (Fsp3) is 1.00. The summed E-state index contributed by atoms with van der Waals surface area (Å²) in [5.41, 5.74) is 5.99. The third kappa shape index (κ3) is 2.40. The fourth-order valence-electron chi connectivity index (χ4n) is 2.67. The standard InChI is InChI=1S/C12H25N3O/c1-9-6-14(12-7-16-8-12)4-5-15(9)11(3)10(2)13/h9-12H,4-8,13H2,1-3H3/t9-,10-,11?/m0/s1. The Morgan fingerprint density at radius 3 is 2.38 bits per heavy atom. The molecular formula is C12H25N3O. The van der Waals surface area contributed by atoms with Gasteiger partial charge in [0, 0.05) is 37.8 Å². The van der Waals surface area contributed by atoms with E-state index in [1.807, 2.05) is 0 Å². The molecule has 2 fully saturated rings. The normalized spacial score (nSPS) is 33.4. The van der Waals surface area contributed by atoms with Crippen LogP contribution in [0.15, 0.2) is 0 Å². The smallest absolute Gasteiger partial charge is 0.0645 e. The van der Waals surface area contributed by atoms with Crippen LogP contribution in [0, 0.1) is 0 Å². The lowest BCUT2D eigenvalue weighted by molar-refractivity contribution is -0.0889. The molecule has 0 aliphatic carbocycles. The van der Waals surface area contributed by atoms with Gasteiger partial charge in [0.15, 0.2) is 0 Å². The zero-order valence-electron chi connectivity index (χ0n) is 10.7. The van der Waals surface area contributed by atoms with Gasteiger partial charge in [0.05, 0.1) is 19.3 Å². The molecule has 2 aliphatic heterocycles. The second-order valence-electron chi connectivity index (χ2n) is 5.37. The third-order valence-corrected chi connectivity index (χ3v) is 4.13. The van der Waals surface area contributed by atoms with E-state index < -0.39 is 0 Å². The topological polar surface area (TPSA) is 41.7 Å². The summed E-state index contributed by atoms with van der Waals surface area (Å²) < 4.78 is 5.26. The van der Waals surface area contributed by atoms with Gasteiger partial charge in [-0.25, -0.2) is 0 Å². The summed E-state index contributed by atoms with van der Waals surface area (Å²) in [5.74, 6) is 0. The molecule has 0 aromatic heterocycles. The molecule has 0 saturated carbocycles. The number of hydrogen-bond acceptors (Lipinski definition) is 4. The molecule has 2 rings (SSSR count). The first-order valence-corrected chi connectivity index (χ1v) is 6.42. The van der Waals surface area contributed by atoms with Gasteiger partial charge in [-0.2, -0.15) is 0 Å². The minimum Gasteiger partial charge on any atom is -0.378 e. The summed E-state index contributed by atoms with van der Waals surface area (Å²) in [6, 6.07) is 2.02. The highest BCUT2D eigenvalue weighted by molar-refractivity contribution is 4.89. The number of hydrogen-bond donors (Lipinski definition) is 1. The van der Waals surface area contributed by atoms with Gasteiger partial charge in [-0.15, -0.1) is 0 Å². The number of nitrogens with two attached hydrogens (primary N) is 1. The predicted molar refractivity (Wildman–Crippen MR) is 65.5 cm³/mol. The first-order chi connectivity index (χ1) is 7.59. The van der Waals surface area contributed by atoms with E-state index in [1.54, 1.807) is 0 Å². The maximum atomic E-state index is 5.99. The summed E-state index contributed by atoms with van der Waals surface area (Å²) in [4.78, 5) is 5.11. The summed E-state index contributed by atoms with van der Waals surface area (Å²) in [6.07, 6.45) is 0. The van der Waals surface area contributed by atoms with Gasteiger partial charge in [0.25, 0.3) is 0 Å². The van der Waals surface area contributed by atoms with Crippen LogP contribution in [0.4, 0.5) is 0 Å². The van der Waals surface area contributed by atoms with Crippen molar-refractivity contribution in [3.05, 3.63) is 0 Å². The van der Waals surface area contributed by atoms with Crippen LogP contribution >= 0.6 is 0 Å². The predicted octanol–water partition coefficient (Wildman–Crippen LogP) is 0.127. The fourth-order valence-corrected chi connectivity index (χ4v) is 2.67. The first-order valence-electron chi connectivity index (χ1n) is 6.42. The Morgan fingerprint density at radius 2 is 1.94 bits per heavy atom. The van der Waals surface area contributed by atoms with Gasteiger partial charge in [-0.3, -0.25) is 9.80 Å². The molecule has 0 aromatic rings. The van der Waals surface area contributed by atoms with E-state index in [4.69, 9.17) is 10.5 Å². The summed E-state index contributed by atoms with van der Waals surface area (Å²) >= 11 is 0. The molecule has 4 nitrogen and oxygen atoms in total. The summed E-state index contributed by atoms with van der Waals surface area (Å²) in [7, 11) is 0.